The van der Waals surface area contributed by atoms with Crippen LogP contribution in [0.3, 0.4) is 0 Å². The fraction of sp³-hybridized carbons (Fsp3) is 0.939. The van der Waals surface area contributed by atoms with Crippen molar-refractivity contribution in [3.63, 3.8) is 0 Å². The van der Waals surface area contributed by atoms with Gasteiger partial charge in [0, 0.05) is 0 Å². The Morgan fingerprint density at radius 1 is 0.518 bits per heavy atom. The van der Waals surface area contributed by atoms with Crippen LogP contribution in [0.15, 0.2) is 11.6 Å². The van der Waals surface area contributed by atoms with E-state index in [1.165, 1.54) is 19.9 Å². The number of aliphatic hydroxyl groups excluding tert-OH is 15. The highest BCUT2D eigenvalue weighted by Crippen LogP contribution is 2.33. The minimum absolute atomic E-state index is 0.0310. The molecule has 16 N–H and O–H groups in total. The molecular formula is C33H57NO22. The molecule has 4 fully saturated rings. The Labute approximate surface area is 320 Å². The molecule has 24 unspecified atom stereocenters. The van der Waals surface area contributed by atoms with E-state index in [0.29, 0.717) is 0 Å². The predicted octanol–water partition coefficient (Wildman–Crippen LogP) is -9.63. The zero-order valence-corrected chi connectivity index (χ0v) is 30.5. The smallest absolute Gasteiger partial charge is 0.187 e. The number of hydrogen-bond donors (Lipinski definition) is 16. The maximum absolute atomic E-state index is 11.1. The lowest BCUT2D eigenvalue weighted by atomic mass is 9.86. The van der Waals surface area contributed by atoms with Crippen molar-refractivity contribution in [1.82, 2.24) is 5.32 Å². The van der Waals surface area contributed by atoms with E-state index in [1.54, 1.807) is 0 Å². The summed E-state index contributed by atoms with van der Waals surface area (Å²) in [5, 5.41) is 160. The van der Waals surface area contributed by atoms with Crippen LogP contribution >= 0.6 is 0 Å². The third kappa shape index (κ3) is 9.25. The highest BCUT2D eigenvalue weighted by atomic mass is 16.7. The lowest BCUT2D eigenvalue weighted by molar-refractivity contribution is -0.343. The molecule has 4 saturated heterocycles. The van der Waals surface area contributed by atoms with Crippen molar-refractivity contribution >= 4 is 0 Å². The highest BCUT2D eigenvalue weighted by molar-refractivity contribution is 5.23. The summed E-state index contributed by atoms with van der Waals surface area (Å²) in [7, 11) is 0. The molecule has 23 heteroatoms. The van der Waals surface area contributed by atoms with Crippen LogP contribution in [0.2, 0.25) is 0 Å². The van der Waals surface area contributed by atoms with E-state index < -0.39 is 180 Å². The summed E-state index contributed by atoms with van der Waals surface area (Å²) in [5.41, 5.74) is 0.0310. The molecule has 0 spiro atoms. The normalized spacial score (nSPS) is 51.8. The third-order valence-corrected chi connectivity index (χ3v) is 11.1. The minimum Gasteiger partial charge on any atom is -0.394 e. The third-order valence-electron chi connectivity index (χ3n) is 11.1. The van der Waals surface area contributed by atoms with Crippen molar-refractivity contribution in [2.24, 2.45) is 0 Å². The SMILES string of the molecule is CC1OC(CO)C(OC2OC(C)C(NC3C=C(CO)C(OCC4OC(CO)C(OC5OC(CO)C(O)C(O)C5O)C(O)C4O)C(O)C3O)C(O)C2O)C(O)C1O. The average Bonchev–Trinajstić information content (AvgIpc) is 3.18. The van der Waals surface area contributed by atoms with Gasteiger partial charge in [0.05, 0.1) is 57.3 Å². The van der Waals surface area contributed by atoms with E-state index in [2.05, 4.69) is 5.32 Å². The molecule has 0 aromatic carbocycles. The summed E-state index contributed by atoms with van der Waals surface area (Å²) in [6, 6.07) is -2.30. The monoisotopic (exact) mass is 819 g/mol. The van der Waals surface area contributed by atoms with Crippen molar-refractivity contribution in [3.05, 3.63) is 11.6 Å². The van der Waals surface area contributed by atoms with Gasteiger partial charge in [0.2, 0.25) is 0 Å². The Bertz CT molecular complexity index is 1260. The second-order valence-electron chi connectivity index (χ2n) is 14.9. The van der Waals surface area contributed by atoms with Gasteiger partial charge in [-0.25, -0.2) is 0 Å². The zero-order chi connectivity index (χ0) is 41.3. The summed E-state index contributed by atoms with van der Waals surface area (Å²) in [6.45, 7) is -0.477. The van der Waals surface area contributed by atoms with Gasteiger partial charge >= 0.3 is 0 Å². The zero-order valence-electron chi connectivity index (χ0n) is 30.5. The van der Waals surface area contributed by atoms with Gasteiger partial charge in [-0.15, -0.1) is 0 Å². The Morgan fingerprint density at radius 2 is 1.05 bits per heavy atom. The standard InChI is InChI=1S/C33H57NO22/c1-9-17(22(43)27(48)32(52-9)55-30-14(6-37)51-10(2)18(39)24(30)45)34-12-3-11(4-35)29(25(46)19(12)40)50-8-16-21(42)26(47)31(15(7-38)53-16)56-33-28(49)23(44)20(41)13(5-36)54-33/h3,9-10,12-49H,4-8H2,1-2H3. The van der Waals surface area contributed by atoms with Crippen molar-refractivity contribution in [2.75, 3.05) is 33.0 Å². The van der Waals surface area contributed by atoms with E-state index >= 15 is 0 Å². The van der Waals surface area contributed by atoms with E-state index in [4.69, 9.17) is 33.2 Å². The van der Waals surface area contributed by atoms with Gasteiger partial charge in [-0.3, -0.25) is 0 Å². The molecule has 0 saturated carbocycles. The van der Waals surface area contributed by atoms with Crippen LogP contribution < -0.4 is 5.32 Å². The fourth-order valence-corrected chi connectivity index (χ4v) is 7.72. The van der Waals surface area contributed by atoms with Crippen molar-refractivity contribution in [1.29, 1.82) is 0 Å². The van der Waals surface area contributed by atoms with E-state index in [1.807, 2.05) is 0 Å². The molecule has 24 atom stereocenters. The molecule has 0 amide bonds. The topological polar surface area (TPSA) is 380 Å². The van der Waals surface area contributed by atoms with Gasteiger partial charge in [-0.2, -0.15) is 0 Å². The van der Waals surface area contributed by atoms with Crippen molar-refractivity contribution in [2.45, 2.75) is 161 Å². The van der Waals surface area contributed by atoms with Crippen LogP contribution in [0.1, 0.15) is 13.8 Å². The molecule has 5 rings (SSSR count). The van der Waals surface area contributed by atoms with Gasteiger partial charge in [-0.1, -0.05) is 6.08 Å². The number of nitrogens with one attached hydrogen (secondary N) is 1. The second kappa shape index (κ2) is 19.5. The average molecular weight is 820 g/mol. The van der Waals surface area contributed by atoms with E-state index in [0.717, 1.165) is 0 Å². The summed E-state index contributed by atoms with van der Waals surface area (Å²) in [4.78, 5) is 0. The predicted molar refractivity (Wildman–Crippen MR) is 179 cm³/mol. The van der Waals surface area contributed by atoms with Gasteiger partial charge in [0.15, 0.2) is 12.6 Å². The molecule has 4 aliphatic heterocycles. The molecule has 23 nitrogen and oxygen atoms in total. The Balaban J connectivity index is 1.20. The molecule has 0 aromatic heterocycles. The Hall–Kier alpha value is -1.18. The van der Waals surface area contributed by atoms with Crippen LogP contribution in [0.25, 0.3) is 0 Å². The summed E-state index contributed by atoms with van der Waals surface area (Å²) in [5.74, 6) is 0. The van der Waals surface area contributed by atoms with Crippen molar-refractivity contribution in [3.8, 4) is 0 Å². The lowest BCUT2D eigenvalue weighted by Crippen LogP contribution is -2.68. The maximum Gasteiger partial charge on any atom is 0.187 e. The Kier molecular flexibility index (Phi) is 16.0. The van der Waals surface area contributed by atoms with Gasteiger partial charge < -0.3 is 115 Å². The first-order valence-electron chi connectivity index (χ1n) is 18.4. The van der Waals surface area contributed by atoms with Crippen LogP contribution in [-0.2, 0) is 33.2 Å². The maximum atomic E-state index is 11.1. The molecule has 56 heavy (non-hydrogen) atoms. The van der Waals surface area contributed by atoms with Gasteiger partial charge in [0.25, 0.3) is 0 Å². The van der Waals surface area contributed by atoms with E-state index in [-0.39, 0.29) is 5.57 Å². The molecule has 0 bridgehead atoms. The molecule has 326 valence electrons. The van der Waals surface area contributed by atoms with Crippen molar-refractivity contribution < 1.29 is 110 Å². The first-order chi connectivity index (χ1) is 26.5. The first-order valence-corrected chi connectivity index (χ1v) is 18.4. The number of rotatable bonds is 13. The molecular weight excluding hydrogens is 762 g/mol. The van der Waals surface area contributed by atoms with Crippen LogP contribution in [0.4, 0.5) is 0 Å². The molecule has 0 aromatic rings. The van der Waals surface area contributed by atoms with Crippen LogP contribution in [-0.4, -0.2) is 256 Å². The van der Waals surface area contributed by atoms with E-state index in [9.17, 15) is 76.6 Å². The Morgan fingerprint density at radius 3 is 1.64 bits per heavy atom. The first kappa shape index (κ1) is 45.9. The number of aliphatic hydroxyl groups is 15. The largest absolute Gasteiger partial charge is 0.394 e. The highest BCUT2D eigenvalue weighted by Gasteiger charge is 2.53. The minimum atomic E-state index is -1.86. The summed E-state index contributed by atoms with van der Waals surface area (Å²) in [6.07, 6.45) is -32.1. The van der Waals surface area contributed by atoms with Crippen LogP contribution in [0.5, 0.6) is 0 Å². The molecule has 0 radical (unpaired) electrons. The van der Waals surface area contributed by atoms with Gasteiger partial charge in [-0.05, 0) is 19.4 Å². The number of ether oxygens (including phenoxy) is 7. The molecule has 1 aliphatic carbocycles. The fourth-order valence-electron chi connectivity index (χ4n) is 7.72. The lowest BCUT2D eigenvalue weighted by Gasteiger charge is -2.48. The summed E-state index contributed by atoms with van der Waals surface area (Å²) >= 11 is 0. The summed E-state index contributed by atoms with van der Waals surface area (Å²) < 4.78 is 39.3. The second-order valence-corrected chi connectivity index (χ2v) is 14.9. The number of hydrogen-bond acceptors (Lipinski definition) is 23. The quantitative estimate of drug-likeness (QED) is 0.0767. The van der Waals surface area contributed by atoms with Gasteiger partial charge in [0.1, 0.15) is 110 Å². The molecule has 4 heterocycles. The molecule has 5 aliphatic rings. The van der Waals surface area contributed by atoms with Crippen LogP contribution in [0, 0.1) is 0 Å².